The third kappa shape index (κ3) is 2.84. The van der Waals surface area contributed by atoms with Crippen LogP contribution in [0.15, 0.2) is 28.9 Å². The van der Waals surface area contributed by atoms with Crippen LogP contribution in [0.1, 0.15) is 29.4 Å². The second-order valence-corrected chi connectivity index (χ2v) is 4.87. The zero-order valence-corrected chi connectivity index (χ0v) is 12.3. The average Bonchev–Trinajstić information content (AvgIpc) is 2.87. The summed E-state index contributed by atoms with van der Waals surface area (Å²) < 4.78 is 7.49. The quantitative estimate of drug-likeness (QED) is 0.794. The summed E-state index contributed by atoms with van der Waals surface area (Å²) in [5.74, 6) is 0.519. The number of rotatable bonds is 5. The molecular formula is C13H14BrN3O2. The Kier molecular flexibility index (Phi) is 4.31. The second kappa shape index (κ2) is 5.97. The van der Waals surface area contributed by atoms with Gasteiger partial charge in [-0.15, -0.1) is 5.10 Å². The number of carbonyl (C=O) groups excluding carboxylic acids is 1. The van der Waals surface area contributed by atoms with Gasteiger partial charge in [0.05, 0.1) is 13.3 Å². The monoisotopic (exact) mass is 323 g/mol. The summed E-state index contributed by atoms with van der Waals surface area (Å²) in [6, 6.07) is 5.29. The Hall–Kier alpha value is -1.69. The van der Waals surface area contributed by atoms with Crippen molar-refractivity contribution in [3.63, 3.8) is 0 Å². The molecule has 100 valence electrons. The van der Waals surface area contributed by atoms with Crippen molar-refractivity contribution >= 4 is 21.7 Å². The van der Waals surface area contributed by atoms with Crippen molar-refractivity contribution in [2.45, 2.75) is 19.9 Å². The fourth-order valence-corrected chi connectivity index (χ4v) is 2.18. The molecule has 0 aliphatic heterocycles. The smallest absolute Gasteiger partial charge is 0.213 e. The lowest BCUT2D eigenvalue weighted by molar-refractivity contribution is 0.102. The number of halogens is 1. The van der Waals surface area contributed by atoms with E-state index in [1.165, 1.54) is 6.20 Å². The van der Waals surface area contributed by atoms with Crippen LogP contribution in [0.5, 0.6) is 5.75 Å². The number of ether oxygens (including phenoxy) is 1. The van der Waals surface area contributed by atoms with Gasteiger partial charge < -0.3 is 4.74 Å². The SMILES string of the molecule is CCCn1nncc1C(=O)c1cc(OC)ccc1Br. The van der Waals surface area contributed by atoms with Crippen molar-refractivity contribution in [2.75, 3.05) is 7.11 Å². The molecule has 0 unspecified atom stereocenters. The molecular weight excluding hydrogens is 310 g/mol. The van der Waals surface area contributed by atoms with Gasteiger partial charge in [0.2, 0.25) is 5.78 Å². The van der Waals surface area contributed by atoms with Crippen molar-refractivity contribution in [3.05, 3.63) is 40.1 Å². The molecule has 0 bridgehead atoms. The second-order valence-electron chi connectivity index (χ2n) is 4.02. The number of methoxy groups -OCH3 is 1. The molecule has 2 rings (SSSR count). The lowest BCUT2D eigenvalue weighted by Crippen LogP contribution is -2.12. The summed E-state index contributed by atoms with van der Waals surface area (Å²) in [5, 5.41) is 7.73. The predicted octanol–water partition coefficient (Wildman–Crippen LogP) is 2.69. The Balaban J connectivity index is 2.40. The van der Waals surface area contributed by atoms with Crippen LogP contribution in [0.2, 0.25) is 0 Å². The Bertz CT molecular complexity index is 595. The first-order valence-corrected chi connectivity index (χ1v) is 6.73. The molecule has 0 saturated heterocycles. The highest BCUT2D eigenvalue weighted by Crippen LogP contribution is 2.24. The summed E-state index contributed by atoms with van der Waals surface area (Å²) in [4.78, 5) is 12.5. The molecule has 5 nitrogen and oxygen atoms in total. The van der Waals surface area contributed by atoms with Gasteiger partial charge in [0, 0.05) is 16.6 Å². The van der Waals surface area contributed by atoms with E-state index in [2.05, 4.69) is 26.2 Å². The highest BCUT2D eigenvalue weighted by Gasteiger charge is 2.18. The van der Waals surface area contributed by atoms with Gasteiger partial charge in [0.25, 0.3) is 0 Å². The fourth-order valence-electron chi connectivity index (χ4n) is 1.75. The number of hydrogen-bond acceptors (Lipinski definition) is 4. The van der Waals surface area contributed by atoms with Gasteiger partial charge in [-0.3, -0.25) is 4.79 Å². The van der Waals surface area contributed by atoms with Gasteiger partial charge in [-0.2, -0.15) is 0 Å². The van der Waals surface area contributed by atoms with E-state index < -0.39 is 0 Å². The highest BCUT2D eigenvalue weighted by molar-refractivity contribution is 9.10. The summed E-state index contributed by atoms with van der Waals surface area (Å²) in [6.45, 7) is 2.69. The number of benzene rings is 1. The molecule has 0 spiro atoms. The molecule has 0 saturated carbocycles. The molecule has 1 aromatic heterocycles. The summed E-state index contributed by atoms with van der Waals surface area (Å²) in [7, 11) is 1.57. The van der Waals surface area contributed by atoms with E-state index in [-0.39, 0.29) is 5.78 Å². The minimum Gasteiger partial charge on any atom is -0.497 e. The molecule has 2 aromatic rings. The molecule has 6 heteroatoms. The van der Waals surface area contributed by atoms with Crippen LogP contribution in [0.4, 0.5) is 0 Å². The minimum absolute atomic E-state index is 0.121. The van der Waals surface area contributed by atoms with Crippen molar-refractivity contribution < 1.29 is 9.53 Å². The third-order valence-electron chi connectivity index (χ3n) is 2.70. The van der Waals surface area contributed by atoms with Crippen LogP contribution in [-0.2, 0) is 6.54 Å². The molecule has 1 aromatic carbocycles. The first-order valence-electron chi connectivity index (χ1n) is 5.94. The van der Waals surface area contributed by atoms with Gasteiger partial charge in [-0.1, -0.05) is 28.1 Å². The first-order chi connectivity index (χ1) is 9.17. The van der Waals surface area contributed by atoms with Gasteiger partial charge in [-0.25, -0.2) is 4.68 Å². The number of nitrogens with zero attached hydrogens (tertiary/aromatic N) is 3. The van der Waals surface area contributed by atoms with Gasteiger partial charge in [-0.05, 0) is 24.6 Å². The molecule has 0 radical (unpaired) electrons. The van der Waals surface area contributed by atoms with E-state index in [1.807, 2.05) is 6.92 Å². The zero-order valence-electron chi connectivity index (χ0n) is 10.8. The molecule has 0 aliphatic carbocycles. The first kappa shape index (κ1) is 13.7. The van der Waals surface area contributed by atoms with Crippen LogP contribution in [0.25, 0.3) is 0 Å². The van der Waals surface area contributed by atoms with Crippen LogP contribution < -0.4 is 4.74 Å². The van der Waals surface area contributed by atoms with Crippen LogP contribution in [0, 0.1) is 0 Å². The Labute approximate surface area is 119 Å². The summed E-state index contributed by atoms with van der Waals surface area (Å²) >= 11 is 3.38. The van der Waals surface area contributed by atoms with E-state index in [1.54, 1.807) is 30.0 Å². The number of ketones is 1. The van der Waals surface area contributed by atoms with Crippen LogP contribution in [-0.4, -0.2) is 27.9 Å². The Morgan fingerprint density at radius 3 is 2.95 bits per heavy atom. The van der Waals surface area contributed by atoms with E-state index >= 15 is 0 Å². The minimum atomic E-state index is -0.121. The molecule has 19 heavy (non-hydrogen) atoms. The molecule has 0 fully saturated rings. The summed E-state index contributed by atoms with van der Waals surface area (Å²) in [6.07, 6.45) is 2.38. The molecule has 1 heterocycles. The van der Waals surface area contributed by atoms with E-state index in [4.69, 9.17) is 4.74 Å². The average molecular weight is 324 g/mol. The number of aryl methyl sites for hydroxylation is 1. The predicted molar refractivity (Wildman–Crippen MR) is 74.4 cm³/mol. The van der Waals surface area contributed by atoms with E-state index in [0.29, 0.717) is 23.6 Å². The maximum Gasteiger partial charge on any atom is 0.213 e. The van der Waals surface area contributed by atoms with Crippen molar-refractivity contribution in [3.8, 4) is 5.75 Å². The van der Waals surface area contributed by atoms with E-state index in [9.17, 15) is 4.79 Å². The molecule has 0 amide bonds. The molecule has 0 aliphatic rings. The number of carbonyl (C=O) groups is 1. The van der Waals surface area contributed by atoms with Crippen molar-refractivity contribution in [1.82, 2.24) is 15.0 Å². The van der Waals surface area contributed by atoms with E-state index in [0.717, 1.165) is 10.9 Å². The zero-order chi connectivity index (χ0) is 13.8. The Morgan fingerprint density at radius 1 is 1.47 bits per heavy atom. The Morgan fingerprint density at radius 2 is 2.26 bits per heavy atom. The van der Waals surface area contributed by atoms with Gasteiger partial charge in [0.15, 0.2) is 0 Å². The number of aromatic nitrogens is 3. The summed E-state index contributed by atoms with van der Waals surface area (Å²) in [5.41, 5.74) is 1.02. The maximum absolute atomic E-state index is 12.5. The third-order valence-corrected chi connectivity index (χ3v) is 3.40. The fraction of sp³-hybridized carbons (Fsp3) is 0.308. The lowest BCUT2D eigenvalue weighted by Gasteiger charge is -2.07. The topological polar surface area (TPSA) is 57.0 Å². The molecule has 0 N–H and O–H groups in total. The standard InChI is InChI=1S/C13H14BrN3O2/c1-3-6-17-12(8-15-16-17)13(18)10-7-9(19-2)4-5-11(10)14/h4-5,7-8H,3,6H2,1-2H3. The van der Waals surface area contributed by atoms with Crippen molar-refractivity contribution in [1.29, 1.82) is 0 Å². The van der Waals surface area contributed by atoms with Crippen LogP contribution in [0.3, 0.4) is 0 Å². The normalized spacial score (nSPS) is 10.5. The van der Waals surface area contributed by atoms with Gasteiger partial charge in [0.1, 0.15) is 11.4 Å². The van der Waals surface area contributed by atoms with Crippen LogP contribution >= 0.6 is 15.9 Å². The number of hydrogen-bond donors (Lipinski definition) is 0. The molecule has 0 atom stereocenters. The highest BCUT2D eigenvalue weighted by atomic mass is 79.9. The largest absolute Gasteiger partial charge is 0.497 e. The van der Waals surface area contributed by atoms with Crippen molar-refractivity contribution in [2.24, 2.45) is 0 Å². The van der Waals surface area contributed by atoms with Gasteiger partial charge >= 0.3 is 0 Å². The lowest BCUT2D eigenvalue weighted by atomic mass is 10.1. The maximum atomic E-state index is 12.5.